The third-order valence-corrected chi connectivity index (χ3v) is 5.70. The molecular formula is C20H30ClN3O2. The highest BCUT2D eigenvalue weighted by Crippen LogP contribution is 2.26. The number of rotatable bonds is 3. The van der Waals surface area contributed by atoms with Crippen molar-refractivity contribution in [2.45, 2.75) is 45.9 Å². The lowest BCUT2D eigenvalue weighted by Gasteiger charge is -2.42. The number of hydrogen-bond donors (Lipinski definition) is 0. The summed E-state index contributed by atoms with van der Waals surface area (Å²) in [6, 6.07) is 5.95. The first-order valence-electron chi connectivity index (χ1n) is 9.54. The van der Waals surface area contributed by atoms with Crippen molar-refractivity contribution in [2.24, 2.45) is 0 Å². The number of hydrogen-bond acceptors (Lipinski definition) is 4. The molecule has 0 saturated carbocycles. The highest BCUT2D eigenvalue weighted by molar-refractivity contribution is 6.30. The minimum atomic E-state index is -0.0879. The van der Waals surface area contributed by atoms with Gasteiger partial charge in [0.1, 0.15) is 0 Å². The molecule has 3 atom stereocenters. The monoisotopic (exact) mass is 379 g/mol. The van der Waals surface area contributed by atoms with Crippen molar-refractivity contribution < 1.29 is 9.53 Å². The highest BCUT2D eigenvalue weighted by atomic mass is 35.5. The zero-order valence-corrected chi connectivity index (χ0v) is 17.0. The zero-order chi connectivity index (χ0) is 18.8. The number of nitrogens with zero attached hydrogens (tertiary/aromatic N) is 3. The second-order valence-electron chi connectivity index (χ2n) is 7.63. The average molecular weight is 380 g/mol. The standard InChI is InChI=1S/C20H30ClN3O2/c1-14-5-6-18(21)11-19(14)23-9-7-22(8-10-23)17(4)20(25)24-12-15(2)26-16(3)13-24/h5-6,11,15-17H,7-10,12-13H2,1-4H3/t15-,16-,17-/m1/s1. The molecule has 0 unspecified atom stereocenters. The quantitative estimate of drug-likeness (QED) is 0.809. The van der Waals surface area contributed by atoms with Crippen LogP contribution < -0.4 is 4.90 Å². The third kappa shape index (κ3) is 4.33. The van der Waals surface area contributed by atoms with Crippen molar-refractivity contribution in [3.8, 4) is 0 Å². The van der Waals surface area contributed by atoms with Crippen LogP contribution in [0.2, 0.25) is 5.02 Å². The maximum absolute atomic E-state index is 12.9. The molecule has 26 heavy (non-hydrogen) atoms. The van der Waals surface area contributed by atoms with E-state index in [9.17, 15) is 4.79 Å². The van der Waals surface area contributed by atoms with Gasteiger partial charge in [0.05, 0.1) is 18.2 Å². The summed E-state index contributed by atoms with van der Waals surface area (Å²) in [5.74, 6) is 0.222. The molecule has 2 aliphatic rings. The molecule has 0 spiro atoms. The Hall–Kier alpha value is -1.30. The smallest absolute Gasteiger partial charge is 0.239 e. The lowest BCUT2D eigenvalue weighted by molar-refractivity contribution is -0.148. The largest absolute Gasteiger partial charge is 0.372 e. The van der Waals surface area contributed by atoms with E-state index in [4.69, 9.17) is 16.3 Å². The SMILES string of the molecule is Cc1ccc(Cl)cc1N1CCN([C@H](C)C(=O)N2C[C@@H](C)O[C@H](C)C2)CC1. The lowest BCUT2D eigenvalue weighted by Crippen LogP contribution is -2.57. The van der Waals surface area contributed by atoms with E-state index in [1.165, 1.54) is 11.3 Å². The Balaban J connectivity index is 1.58. The van der Waals surface area contributed by atoms with E-state index in [0.717, 1.165) is 31.2 Å². The molecule has 6 heteroatoms. The Labute approximate surface area is 161 Å². The van der Waals surface area contributed by atoms with Gasteiger partial charge in [0.2, 0.25) is 5.91 Å². The van der Waals surface area contributed by atoms with Crippen molar-refractivity contribution in [2.75, 3.05) is 44.2 Å². The Morgan fingerprint density at radius 1 is 1.15 bits per heavy atom. The van der Waals surface area contributed by atoms with Crippen LogP contribution in [0.4, 0.5) is 5.69 Å². The molecule has 3 rings (SSSR count). The number of ether oxygens (including phenoxy) is 1. The minimum absolute atomic E-state index is 0.0879. The van der Waals surface area contributed by atoms with Crippen LogP contribution in [0.15, 0.2) is 18.2 Å². The predicted molar refractivity (Wildman–Crippen MR) is 106 cm³/mol. The van der Waals surface area contributed by atoms with Crippen molar-refractivity contribution in [3.63, 3.8) is 0 Å². The first-order valence-corrected chi connectivity index (χ1v) is 9.92. The van der Waals surface area contributed by atoms with Gasteiger partial charge in [0.15, 0.2) is 0 Å². The second kappa shape index (κ2) is 8.15. The minimum Gasteiger partial charge on any atom is -0.372 e. The molecule has 1 amide bonds. The predicted octanol–water partition coefficient (Wildman–Crippen LogP) is 2.79. The molecule has 1 aromatic carbocycles. The van der Waals surface area contributed by atoms with E-state index in [0.29, 0.717) is 13.1 Å². The molecule has 2 fully saturated rings. The Bertz CT molecular complexity index is 636. The molecule has 1 aromatic rings. The molecule has 0 aromatic heterocycles. The molecule has 0 aliphatic carbocycles. The van der Waals surface area contributed by atoms with Crippen LogP contribution in [-0.4, -0.2) is 73.2 Å². The van der Waals surface area contributed by atoms with Crippen molar-refractivity contribution in [3.05, 3.63) is 28.8 Å². The van der Waals surface area contributed by atoms with Crippen LogP contribution in [0.3, 0.4) is 0 Å². The number of morpholine rings is 1. The molecule has 2 heterocycles. The number of carbonyl (C=O) groups excluding carboxylic acids is 1. The Morgan fingerprint density at radius 3 is 2.38 bits per heavy atom. The molecule has 2 saturated heterocycles. The fourth-order valence-electron chi connectivity index (χ4n) is 4.05. The number of aryl methyl sites for hydroxylation is 1. The topological polar surface area (TPSA) is 36.0 Å². The van der Waals surface area contributed by atoms with Crippen LogP contribution in [0, 0.1) is 6.92 Å². The number of amides is 1. The first-order chi connectivity index (χ1) is 12.3. The molecule has 0 N–H and O–H groups in total. The van der Waals surface area contributed by atoms with Gasteiger partial charge in [-0.1, -0.05) is 17.7 Å². The van der Waals surface area contributed by atoms with Crippen LogP contribution >= 0.6 is 11.6 Å². The summed E-state index contributed by atoms with van der Waals surface area (Å²) < 4.78 is 5.75. The summed E-state index contributed by atoms with van der Waals surface area (Å²) in [6.07, 6.45) is 0.218. The molecule has 0 radical (unpaired) electrons. The van der Waals surface area contributed by atoms with Gasteiger partial charge in [-0.2, -0.15) is 0 Å². The van der Waals surface area contributed by atoms with Gasteiger partial charge in [-0.05, 0) is 45.4 Å². The summed E-state index contributed by atoms with van der Waals surface area (Å²) in [4.78, 5) is 19.6. The van der Waals surface area contributed by atoms with E-state index >= 15 is 0 Å². The van der Waals surface area contributed by atoms with Gasteiger partial charge in [0, 0.05) is 50.0 Å². The van der Waals surface area contributed by atoms with Gasteiger partial charge < -0.3 is 14.5 Å². The molecule has 2 aliphatic heterocycles. The van der Waals surface area contributed by atoms with E-state index in [1.807, 2.05) is 37.8 Å². The molecule has 0 bridgehead atoms. The zero-order valence-electron chi connectivity index (χ0n) is 16.2. The van der Waals surface area contributed by atoms with Crippen molar-refractivity contribution >= 4 is 23.2 Å². The van der Waals surface area contributed by atoms with Crippen molar-refractivity contribution in [1.29, 1.82) is 0 Å². The molecule has 144 valence electrons. The summed E-state index contributed by atoms with van der Waals surface area (Å²) in [7, 11) is 0. The normalized spacial score (nSPS) is 26.0. The maximum atomic E-state index is 12.9. The Kier molecular flexibility index (Phi) is 6.10. The van der Waals surface area contributed by atoms with Crippen LogP contribution in [0.5, 0.6) is 0 Å². The lowest BCUT2D eigenvalue weighted by atomic mass is 10.1. The van der Waals surface area contributed by atoms with Crippen molar-refractivity contribution in [1.82, 2.24) is 9.80 Å². The van der Waals surface area contributed by atoms with E-state index in [1.54, 1.807) is 0 Å². The number of benzene rings is 1. The number of carbonyl (C=O) groups is 1. The van der Waals surface area contributed by atoms with Gasteiger partial charge >= 0.3 is 0 Å². The van der Waals surface area contributed by atoms with Crippen LogP contribution in [0.1, 0.15) is 26.3 Å². The third-order valence-electron chi connectivity index (χ3n) is 5.46. The number of halogens is 1. The Morgan fingerprint density at radius 2 is 1.77 bits per heavy atom. The molecular weight excluding hydrogens is 350 g/mol. The fourth-order valence-corrected chi connectivity index (χ4v) is 4.22. The number of anilines is 1. The second-order valence-corrected chi connectivity index (χ2v) is 8.07. The van der Waals surface area contributed by atoms with Gasteiger partial charge in [-0.25, -0.2) is 0 Å². The summed E-state index contributed by atoms with van der Waals surface area (Å²) in [5, 5.41) is 0.770. The van der Waals surface area contributed by atoms with Gasteiger partial charge in [0.25, 0.3) is 0 Å². The van der Waals surface area contributed by atoms with E-state index in [2.05, 4.69) is 22.8 Å². The van der Waals surface area contributed by atoms with Gasteiger partial charge in [-0.15, -0.1) is 0 Å². The highest BCUT2D eigenvalue weighted by Gasteiger charge is 2.32. The summed E-state index contributed by atoms with van der Waals surface area (Å²) in [6.45, 7) is 13.2. The van der Waals surface area contributed by atoms with Crippen LogP contribution in [-0.2, 0) is 9.53 Å². The van der Waals surface area contributed by atoms with E-state index < -0.39 is 0 Å². The number of piperazine rings is 1. The average Bonchev–Trinajstić information content (AvgIpc) is 2.62. The molecule has 5 nitrogen and oxygen atoms in total. The first kappa shape index (κ1) is 19.5. The summed E-state index contributed by atoms with van der Waals surface area (Å²) >= 11 is 6.17. The van der Waals surface area contributed by atoms with Crippen LogP contribution in [0.25, 0.3) is 0 Å². The van der Waals surface area contributed by atoms with E-state index in [-0.39, 0.29) is 24.2 Å². The fraction of sp³-hybridized carbons (Fsp3) is 0.650. The maximum Gasteiger partial charge on any atom is 0.239 e. The van der Waals surface area contributed by atoms with Gasteiger partial charge in [-0.3, -0.25) is 9.69 Å². The summed E-state index contributed by atoms with van der Waals surface area (Å²) in [5.41, 5.74) is 2.44.